The molecule has 5 nitrogen and oxygen atoms in total. The average molecular weight is 318 g/mol. The van der Waals surface area contributed by atoms with Crippen molar-refractivity contribution in [1.29, 1.82) is 0 Å². The number of rotatable bonds is 4. The fourth-order valence-corrected chi connectivity index (χ4v) is 3.73. The normalized spacial score (nSPS) is 24.5. The molecule has 1 aromatic rings. The van der Waals surface area contributed by atoms with E-state index in [1.54, 1.807) is 14.2 Å². The van der Waals surface area contributed by atoms with Gasteiger partial charge in [0.05, 0.1) is 26.2 Å². The van der Waals surface area contributed by atoms with Crippen LogP contribution in [0.1, 0.15) is 37.3 Å². The number of nitrogens with zero attached hydrogens (tertiary/aromatic N) is 1. The lowest BCUT2D eigenvalue weighted by Crippen LogP contribution is -2.42. The number of methoxy groups -OCH3 is 2. The zero-order chi connectivity index (χ0) is 16.2. The Morgan fingerprint density at radius 1 is 1.17 bits per heavy atom. The average Bonchev–Trinajstić information content (AvgIpc) is 3.10. The number of amides is 1. The van der Waals surface area contributed by atoms with Crippen molar-refractivity contribution in [3.63, 3.8) is 0 Å². The minimum Gasteiger partial charge on any atom is -0.493 e. The summed E-state index contributed by atoms with van der Waals surface area (Å²) in [5, 5.41) is 3.34. The molecule has 1 aromatic carbocycles. The van der Waals surface area contributed by atoms with Gasteiger partial charge in [-0.15, -0.1) is 0 Å². The number of piperidine rings is 1. The maximum absolute atomic E-state index is 12.9. The molecule has 2 fully saturated rings. The van der Waals surface area contributed by atoms with Crippen molar-refractivity contribution in [1.82, 2.24) is 10.2 Å². The number of hydrogen-bond acceptors (Lipinski definition) is 4. The number of ether oxygens (including phenoxy) is 2. The van der Waals surface area contributed by atoms with Crippen molar-refractivity contribution >= 4 is 5.91 Å². The fourth-order valence-electron chi connectivity index (χ4n) is 3.73. The van der Waals surface area contributed by atoms with E-state index in [1.807, 2.05) is 12.1 Å². The Hall–Kier alpha value is -1.75. The summed E-state index contributed by atoms with van der Waals surface area (Å²) in [4.78, 5) is 15.0. The van der Waals surface area contributed by atoms with E-state index in [-0.39, 0.29) is 12.0 Å². The van der Waals surface area contributed by atoms with E-state index >= 15 is 0 Å². The van der Waals surface area contributed by atoms with Gasteiger partial charge in [-0.3, -0.25) is 4.79 Å². The second-order valence-corrected chi connectivity index (χ2v) is 6.35. The summed E-state index contributed by atoms with van der Waals surface area (Å²) >= 11 is 0. The monoisotopic (exact) mass is 318 g/mol. The second-order valence-electron chi connectivity index (χ2n) is 6.35. The summed E-state index contributed by atoms with van der Waals surface area (Å²) in [5.74, 6) is 1.88. The predicted octanol–water partition coefficient (Wildman–Crippen LogP) is 2.37. The molecule has 0 bridgehead atoms. The minimum absolute atomic E-state index is 0.129. The highest BCUT2D eigenvalue weighted by atomic mass is 16.5. The van der Waals surface area contributed by atoms with Crippen LogP contribution in [0.5, 0.6) is 11.5 Å². The van der Waals surface area contributed by atoms with E-state index in [0.717, 1.165) is 62.4 Å². The largest absolute Gasteiger partial charge is 0.493 e. The number of likely N-dealkylation sites (tertiary alicyclic amines) is 1. The lowest BCUT2D eigenvalue weighted by molar-refractivity contribution is -0.137. The van der Waals surface area contributed by atoms with Crippen molar-refractivity contribution < 1.29 is 14.3 Å². The summed E-state index contributed by atoms with van der Waals surface area (Å²) < 4.78 is 10.7. The van der Waals surface area contributed by atoms with E-state index in [1.165, 1.54) is 0 Å². The summed E-state index contributed by atoms with van der Waals surface area (Å²) in [6.07, 6.45) is 4.17. The molecule has 0 aliphatic carbocycles. The Labute approximate surface area is 137 Å². The summed E-state index contributed by atoms with van der Waals surface area (Å²) in [6.45, 7) is 2.70. The van der Waals surface area contributed by atoms with Gasteiger partial charge < -0.3 is 19.7 Å². The van der Waals surface area contributed by atoms with Crippen molar-refractivity contribution in [2.24, 2.45) is 5.92 Å². The van der Waals surface area contributed by atoms with Gasteiger partial charge in [-0.2, -0.15) is 0 Å². The van der Waals surface area contributed by atoms with Crippen LogP contribution >= 0.6 is 0 Å². The SMILES string of the molecule is COc1ccc(C2CCCN2C(=O)C2CCCNC2)cc1OC. The highest BCUT2D eigenvalue weighted by Crippen LogP contribution is 2.37. The van der Waals surface area contributed by atoms with Crippen LogP contribution in [0.3, 0.4) is 0 Å². The van der Waals surface area contributed by atoms with Gasteiger partial charge in [-0.25, -0.2) is 0 Å². The Kier molecular flexibility index (Phi) is 5.06. The lowest BCUT2D eigenvalue weighted by atomic mass is 9.96. The molecule has 3 rings (SSSR count). The summed E-state index contributed by atoms with van der Waals surface area (Å²) in [7, 11) is 3.28. The number of carbonyl (C=O) groups excluding carboxylic acids is 1. The molecule has 2 heterocycles. The smallest absolute Gasteiger partial charge is 0.227 e. The molecule has 126 valence electrons. The van der Waals surface area contributed by atoms with Crippen molar-refractivity contribution in [3.8, 4) is 11.5 Å². The summed E-state index contributed by atoms with van der Waals surface area (Å²) in [5.41, 5.74) is 1.14. The molecule has 2 unspecified atom stereocenters. The maximum Gasteiger partial charge on any atom is 0.227 e. The fraction of sp³-hybridized carbons (Fsp3) is 0.611. The maximum atomic E-state index is 12.9. The molecule has 0 saturated carbocycles. The van der Waals surface area contributed by atoms with Gasteiger partial charge in [-0.1, -0.05) is 6.07 Å². The van der Waals surface area contributed by atoms with Crippen LogP contribution in [0, 0.1) is 5.92 Å². The molecule has 2 saturated heterocycles. The quantitative estimate of drug-likeness (QED) is 0.926. The first-order valence-electron chi connectivity index (χ1n) is 8.47. The highest BCUT2D eigenvalue weighted by molar-refractivity contribution is 5.80. The van der Waals surface area contributed by atoms with Gasteiger partial charge in [0.15, 0.2) is 11.5 Å². The predicted molar refractivity (Wildman–Crippen MR) is 88.8 cm³/mol. The Balaban J connectivity index is 1.79. The number of carbonyl (C=O) groups is 1. The molecule has 2 aliphatic rings. The highest BCUT2D eigenvalue weighted by Gasteiger charge is 2.34. The molecule has 1 amide bonds. The Morgan fingerprint density at radius 3 is 2.70 bits per heavy atom. The molecular weight excluding hydrogens is 292 g/mol. The van der Waals surface area contributed by atoms with Crippen LogP contribution in [-0.2, 0) is 4.79 Å². The van der Waals surface area contributed by atoms with E-state index in [0.29, 0.717) is 5.91 Å². The molecular formula is C18H26N2O3. The molecule has 23 heavy (non-hydrogen) atoms. The molecule has 1 N–H and O–H groups in total. The van der Waals surface area contributed by atoms with Gasteiger partial charge in [-0.05, 0) is 49.9 Å². The standard InChI is InChI=1S/C18H26N2O3/c1-22-16-8-7-13(11-17(16)23-2)15-6-4-10-20(15)18(21)14-5-3-9-19-12-14/h7-8,11,14-15,19H,3-6,9-10,12H2,1-2H3. The van der Waals surface area contributed by atoms with Gasteiger partial charge in [0, 0.05) is 13.1 Å². The van der Waals surface area contributed by atoms with Crippen LogP contribution in [0.15, 0.2) is 18.2 Å². The van der Waals surface area contributed by atoms with Gasteiger partial charge in [0.2, 0.25) is 5.91 Å². The molecule has 2 atom stereocenters. The van der Waals surface area contributed by atoms with Crippen molar-refractivity contribution in [2.75, 3.05) is 33.9 Å². The molecule has 0 radical (unpaired) electrons. The van der Waals surface area contributed by atoms with E-state index in [2.05, 4.69) is 16.3 Å². The second kappa shape index (κ2) is 7.21. The van der Waals surface area contributed by atoms with Crippen LogP contribution in [0.4, 0.5) is 0 Å². The van der Waals surface area contributed by atoms with Crippen molar-refractivity contribution in [3.05, 3.63) is 23.8 Å². The molecule has 0 spiro atoms. The molecule has 0 aromatic heterocycles. The number of nitrogens with one attached hydrogen (secondary N) is 1. The first-order valence-corrected chi connectivity index (χ1v) is 8.47. The summed E-state index contributed by atoms with van der Waals surface area (Å²) in [6, 6.07) is 6.15. The van der Waals surface area contributed by atoms with E-state index in [9.17, 15) is 4.79 Å². The first kappa shape index (κ1) is 16.1. The number of benzene rings is 1. The van der Waals surface area contributed by atoms with E-state index in [4.69, 9.17) is 9.47 Å². The topological polar surface area (TPSA) is 50.8 Å². The van der Waals surface area contributed by atoms with Gasteiger partial charge >= 0.3 is 0 Å². The van der Waals surface area contributed by atoms with Crippen molar-refractivity contribution in [2.45, 2.75) is 31.7 Å². The van der Waals surface area contributed by atoms with Crippen LogP contribution in [-0.4, -0.2) is 44.7 Å². The third-order valence-corrected chi connectivity index (χ3v) is 4.97. The third-order valence-electron chi connectivity index (χ3n) is 4.97. The minimum atomic E-state index is 0.129. The Morgan fingerprint density at radius 2 is 2.00 bits per heavy atom. The Bertz CT molecular complexity index is 555. The first-order chi connectivity index (χ1) is 11.2. The van der Waals surface area contributed by atoms with Gasteiger partial charge in [0.25, 0.3) is 0 Å². The van der Waals surface area contributed by atoms with Crippen LogP contribution in [0.25, 0.3) is 0 Å². The number of hydrogen-bond donors (Lipinski definition) is 1. The molecule has 2 aliphatic heterocycles. The van der Waals surface area contributed by atoms with Crippen LogP contribution < -0.4 is 14.8 Å². The lowest BCUT2D eigenvalue weighted by Gasteiger charge is -2.31. The third kappa shape index (κ3) is 3.29. The zero-order valence-corrected chi connectivity index (χ0v) is 14.0. The van der Waals surface area contributed by atoms with Crippen LogP contribution in [0.2, 0.25) is 0 Å². The molecule has 5 heteroatoms. The van der Waals surface area contributed by atoms with E-state index < -0.39 is 0 Å². The zero-order valence-electron chi connectivity index (χ0n) is 14.0. The van der Waals surface area contributed by atoms with Gasteiger partial charge in [0.1, 0.15) is 0 Å².